The van der Waals surface area contributed by atoms with Gasteiger partial charge < -0.3 is 9.84 Å². The molecule has 1 heterocycles. The van der Waals surface area contributed by atoms with E-state index in [0.717, 1.165) is 5.56 Å². The van der Waals surface area contributed by atoms with Crippen molar-refractivity contribution in [3.63, 3.8) is 0 Å². The van der Waals surface area contributed by atoms with E-state index in [9.17, 15) is 9.90 Å². The van der Waals surface area contributed by atoms with Gasteiger partial charge in [-0.05, 0) is 19.1 Å². The zero-order valence-electron chi connectivity index (χ0n) is 6.57. The van der Waals surface area contributed by atoms with Gasteiger partial charge in [0.05, 0.1) is 5.56 Å². The first-order valence-corrected chi connectivity index (χ1v) is 3.68. The molecule has 3 heteroatoms. The van der Waals surface area contributed by atoms with Crippen LogP contribution >= 0.6 is 0 Å². The summed E-state index contributed by atoms with van der Waals surface area (Å²) in [5, 5.41) is 9.23. The maximum absolute atomic E-state index is 11.0. The van der Waals surface area contributed by atoms with Gasteiger partial charge in [-0.2, -0.15) is 0 Å². The SMILES string of the molecule is Cc1ccc2c(c1)[C@H](O)OC2=O. The second-order valence-electron chi connectivity index (χ2n) is 2.85. The molecule has 1 atom stereocenters. The first kappa shape index (κ1) is 7.31. The highest BCUT2D eigenvalue weighted by Gasteiger charge is 2.28. The molecule has 0 bridgehead atoms. The summed E-state index contributed by atoms with van der Waals surface area (Å²) in [5.74, 6) is -0.447. The molecule has 62 valence electrons. The van der Waals surface area contributed by atoms with E-state index in [0.29, 0.717) is 11.1 Å². The molecule has 1 aromatic rings. The number of aliphatic hydroxyl groups is 1. The molecule has 0 saturated carbocycles. The van der Waals surface area contributed by atoms with Gasteiger partial charge in [-0.25, -0.2) is 4.79 Å². The van der Waals surface area contributed by atoms with Crippen molar-refractivity contribution in [2.24, 2.45) is 0 Å². The Kier molecular flexibility index (Phi) is 1.41. The van der Waals surface area contributed by atoms with Crippen LogP contribution in [0, 0.1) is 6.92 Å². The molecule has 0 aromatic heterocycles. The molecule has 0 saturated heterocycles. The van der Waals surface area contributed by atoms with E-state index in [-0.39, 0.29) is 0 Å². The average Bonchev–Trinajstić information content (AvgIpc) is 2.28. The number of hydrogen-bond acceptors (Lipinski definition) is 3. The fourth-order valence-corrected chi connectivity index (χ4v) is 1.30. The Balaban J connectivity index is 2.60. The zero-order chi connectivity index (χ0) is 8.72. The minimum absolute atomic E-state index is 0.447. The molecule has 1 N–H and O–H groups in total. The van der Waals surface area contributed by atoms with Gasteiger partial charge in [0.25, 0.3) is 0 Å². The first-order valence-electron chi connectivity index (χ1n) is 3.68. The molecule has 0 radical (unpaired) electrons. The third-order valence-corrected chi connectivity index (χ3v) is 1.91. The predicted molar refractivity (Wildman–Crippen MR) is 41.6 cm³/mol. The minimum atomic E-state index is -1.08. The van der Waals surface area contributed by atoms with Crippen LogP contribution in [0.1, 0.15) is 27.8 Å². The van der Waals surface area contributed by atoms with Crippen molar-refractivity contribution in [3.8, 4) is 0 Å². The van der Waals surface area contributed by atoms with Crippen LogP contribution in [-0.2, 0) is 4.74 Å². The number of rotatable bonds is 0. The van der Waals surface area contributed by atoms with Crippen LogP contribution in [0.25, 0.3) is 0 Å². The zero-order valence-corrected chi connectivity index (χ0v) is 6.57. The highest BCUT2D eigenvalue weighted by atomic mass is 16.6. The van der Waals surface area contributed by atoms with Crippen molar-refractivity contribution in [2.45, 2.75) is 13.2 Å². The molecule has 3 nitrogen and oxygen atoms in total. The van der Waals surface area contributed by atoms with E-state index in [2.05, 4.69) is 4.74 Å². The Hall–Kier alpha value is -1.35. The van der Waals surface area contributed by atoms with Crippen molar-refractivity contribution >= 4 is 5.97 Å². The van der Waals surface area contributed by atoms with Crippen LogP contribution in [0.15, 0.2) is 18.2 Å². The van der Waals surface area contributed by atoms with Crippen LogP contribution < -0.4 is 0 Å². The minimum Gasteiger partial charge on any atom is -0.428 e. The van der Waals surface area contributed by atoms with Crippen molar-refractivity contribution in [1.82, 2.24) is 0 Å². The topological polar surface area (TPSA) is 46.5 Å². The van der Waals surface area contributed by atoms with E-state index < -0.39 is 12.3 Å². The number of hydrogen-bond donors (Lipinski definition) is 1. The number of cyclic esters (lactones) is 1. The lowest BCUT2D eigenvalue weighted by Crippen LogP contribution is -1.95. The summed E-state index contributed by atoms with van der Waals surface area (Å²) < 4.78 is 4.60. The molecule has 12 heavy (non-hydrogen) atoms. The number of esters is 1. The Bertz CT molecular complexity index is 344. The highest BCUT2D eigenvalue weighted by Crippen LogP contribution is 2.28. The van der Waals surface area contributed by atoms with Gasteiger partial charge in [0, 0.05) is 5.56 Å². The van der Waals surface area contributed by atoms with E-state index in [1.807, 2.05) is 13.0 Å². The standard InChI is InChI=1S/C9H8O3/c1-5-2-3-6-7(4-5)9(11)12-8(6)10/h2-4,9,11H,1H3/t9-/m1/s1. The van der Waals surface area contributed by atoms with Gasteiger partial charge in [0.2, 0.25) is 6.29 Å². The molecule has 0 amide bonds. The van der Waals surface area contributed by atoms with Gasteiger partial charge in [-0.15, -0.1) is 0 Å². The van der Waals surface area contributed by atoms with Crippen molar-refractivity contribution in [1.29, 1.82) is 0 Å². The van der Waals surface area contributed by atoms with Crippen LogP contribution in [-0.4, -0.2) is 11.1 Å². The number of aliphatic hydroxyl groups excluding tert-OH is 1. The van der Waals surface area contributed by atoms with E-state index >= 15 is 0 Å². The number of carbonyl (C=O) groups is 1. The number of carbonyl (C=O) groups excluding carboxylic acids is 1. The highest BCUT2D eigenvalue weighted by molar-refractivity contribution is 5.93. The van der Waals surface area contributed by atoms with Gasteiger partial charge in [0.15, 0.2) is 0 Å². The molecule has 0 spiro atoms. The quantitative estimate of drug-likeness (QED) is 0.585. The van der Waals surface area contributed by atoms with Crippen molar-refractivity contribution in [3.05, 3.63) is 34.9 Å². The van der Waals surface area contributed by atoms with Crippen LogP contribution in [0.5, 0.6) is 0 Å². The van der Waals surface area contributed by atoms with Crippen LogP contribution in [0.2, 0.25) is 0 Å². The monoisotopic (exact) mass is 164 g/mol. The van der Waals surface area contributed by atoms with Crippen LogP contribution in [0.3, 0.4) is 0 Å². The Morgan fingerprint density at radius 2 is 2.25 bits per heavy atom. The Morgan fingerprint density at radius 1 is 1.50 bits per heavy atom. The summed E-state index contributed by atoms with van der Waals surface area (Å²) in [7, 11) is 0. The van der Waals surface area contributed by atoms with Crippen molar-refractivity contribution in [2.75, 3.05) is 0 Å². The van der Waals surface area contributed by atoms with E-state index in [1.54, 1.807) is 12.1 Å². The van der Waals surface area contributed by atoms with Gasteiger partial charge >= 0.3 is 5.97 Å². The summed E-state index contributed by atoms with van der Waals surface area (Å²) in [4.78, 5) is 11.0. The molecule has 0 aliphatic carbocycles. The van der Waals surface area contributed by atoms with E-state index in [1.165, 1.54) is 0 Å². The molecular formula is C9H8O3. The second kappa shape index (κ2) is 2.32. The van der Waals surface area contributed by atoms with Gasteiger partial charge in [-0.3, -0.25) is 0 Å². The molecule has 1 aliphatic heterocycles. The molecule has 0 unspecified atom stereocenters. The predicted octanol–water partition coefficient (Wildman–Crippen LogP) is 1.16. The van der Waals surface area contributed by atoms with E-state index in [4.69, 9.17) is 0 Å². The smallest absolute Gasteiger partial charge is 0.341 e. The summed E-state index contributed by atoms with van der Waals surface area (Å²) in [6, 6.07) is 5.24. The Morgan fingerprint density at radius 3 is 3.00 bits per heavy atom. The summed E-state index contributed by atoms with van der Waals surface area (Å²) in [6.07, 6.45) is -1.08. The van der Waals surface area contributed by atoms with Gasteiger partial charge in [-0.1, -0.05) is 11.6 Å². The number of aryl methyl sites for hydroxylation is 1. The summed E-state index contributed by atoms with van der Waals surface area (Å²) in [5.41, 5.74) is 2.04. The fraction of sp³-hybridized carbons (Fsp3) is 0.222. The number of ether oxygens (including phenoxy) is 1. The largest absolute Gasteiger partial charge is 0.428 e. The molecule has 1 aliphatic rings. The summed E-state index contributed by atoms with van der Waals surface area (Å²) in [6.45, 7) is 1.90. The third kappa shape index (κ3) is 0.905. The Labute approximate surface area is 69.6 Å². The lowest BCUT2D eigenvalue weighted by atomic mass is 10.1. The molecule has 0 fully saturated rings. The van der Waals surface area contributed by atoms with Crippen LogP contribution in [0.4, 0.5) is 0 Å². The van der Waals surface area contributed by atoms with Crippen molar-refractivity contribution < 1.29 is 14.6 Å². The second-order valence-corrected chi connectivity index (χ2v) is 2.85. The number of fused-ring (bicyclic) bond motifs is 1. The fourth-order valence-electron chi connectivity index (χ4n) is 1.30. The number of benzene rings is 1. The lowest BCUT2D eigenvalue weighted by Gasteiger charge is -2.00. The maximum atomic E-state index is 11.0. The molecular weight excluding hydrogens is 156 g/mol. The molecule has 2 rings (SSSR count). The maximum Gasteiger partial charge on any atom is 0.341 e. The summed E-state index contributed by atoms with van der Waals surface area (Å²) >= 11 is 0. The molecule has 1 aromatic carbocycles. The first-order chi connectivity index (χ1) is 5.68. The van der Waals surface area contributed by atoms with Gasteiger partial charge in [0.1, 0.15) is 0 Å². The third-order valence-electron chi connectivity index (χ3n) is 1.91. The normalized spacial score (nSPS) is 20.5. The lowest BCUT2D eigenvalue weighted by molar-refractivity contribution is -0.0548. The average molecular weight is 164 g/mol.